The second-order valence-electron chi connectivity index (χ2n) is 9.90. The van der Waals surface area contributed by atoms with Gasteiger partial charge in [0, 0.05) is 24.3 Å². The van der Waals surface area contributed by atoms with Crippen LogP contribution in [0.5, 0.6) is 0 Å². The Labute approximate surface area is 208 Å². The molecule has 2 saturated heterocycles. The van der Waals surface area contributed by atoms with E-state index in [1.807, 2.05) is 16.9 Å². The van der Waals surface area contributed by atoms with Crippen molar-refractivity contribution in [2.24, 2.45) is 5.92 Å². The first kappa shape index (κ1) is 28.3. The Morgan fingerprint density at radius 2 is 2.00 bits per heavy atom. The van der Waals surface area contributed by atoms with Crippen molar-refractivity contribution in [1.29, 1.82) is 0 Å². The minimum Gasteiger partial charge on any atom is -0.462 e. The monoisotopic (exact) mass is 498 g/mol. The lowest BCUT2D eigenvalue weighted by atomic mass is 9.81. The molecule has 0 aromatic carbocycles. The molecule has 0 radical (unpaired) electrons. The van der Waals surface area contributed by atoms with Crippen LogP contribution >= 0.6 is 21.6 Å². The molecule has 2 unspecified atom stereocenters. The highest BCUT2D eigenvalue weighted by atomic mass is 33.1. The summed E-state index contributed by atoms with van der Waals surface area (Å²) >= 11 is 0. The molecule has 2 aliphatic rings. The maximum atomic E-state index is 11.8. The summed E-state index contributed by atoms with van der Waals surface area (Å²) in [5.41, 5.74) is 1.96. The lowest BCUT2D eigenvalue weighted by Crippen LogP contribution is -2.44. The summed E-state index contributed by atoms with van der Waals surface area (Å²) in [6.07, 6.45) is 10.9. The Morgan fingerprint density at radius 3 is 2.61 bits per heavy atom. The van der Waals surface area contributed by atoms with Gasteiger partial charge >= 0.3 is 11.9 Å². The van der Waals surface area contributed by atoms with Crippen molar-refractivity contribution in [3.05, 3.63) is 23.3 Å². The van der Waals surface area contributed by atoms with E-state index in [0.717, 1.165) is 37.7 Å². The zero-order chi connectivity index (χ0) is 24.5. The molecule has 0 N–H and O–H groups in total. The van der Waals surface area contributed by atoms with E-state index in [1.54, 1.807) is 0 Å². The summed E-state index contributed by atoms with van der Waals surface area (Å²) in [6, 6.07) is 0. The largest absolute Gasteiger partial charge is 0.462 e. The van der Waals surface area contributed by atoms with Crippen LogP contribution in [-0.4, -0.2) is 47.4 Å². The molecule has 2 rings (SSSR count). The summed E-state index contributed by atoms with van der Waals surface area (Å²) in [4.78, 5) is 22.9. The number of carbonyl (C=O) groups excluding carboxylic acids is 2. The van der Waals surface area contributed by atoms with Crippen LogP contribution in [0, 0.1) is 5.92 Å². The van der Waals surface area contributed by atoms with Crippen molar-refractivity contribution in [3.63, 3.8) is 0 Å². The molecular formula is C26H42O5S2. The average molecular weight is 499 g/mol. The SMILES string of the molecule is CC(=O)OC/C=C1\CC[C@@H](OC(C)=O)[C@](C)(CCCC(C)C2(CC=C(C)C)CCSS2)OC1. The number of esters is 2. The van der Waals surface area contributed by atoms with Crippen LogP contribution in [0.1, 0.15) is 86.5 Å². The second-order valence-corrected chi connectivity index (χ2v) is 12.7. The molecule has 0 aliphatic carbocycles. The normalized spacial score (nSPS) is 29.9. The number of hydrogen-bond acceptors (Lipinski definition) is 7. The third-order valence-corrected chi connectivity index (χ3v) is 10.3. The quantitative estimate of drug-likeness (QED) is 0.189. The van der Waals surface area contributed by atoms with Crippen LogP contribution in [0.2, 0.25) is 0 Å². The van der Waals surface area contributed by atoms with Gasteiger partial charge in [0.2, 0.25) is 0 Å². The van der Waals surface area contributed by atoms with Crippen LogP contribution in [0.25, 0.3) is 0 Å². The molecule has 0 saturated carbocycles. The maximum Gasteiger partial charge on any atom is 0.303 e. The second kappa shape index (κ2) is 13.2. The molecular weight excluding hydrogens is 456 g/mol. The summed E-state index contributed by atoms with van der Waals surface area (Å²) in [7, 11) is 4.08. The number of allylic oxidation sites excluding steroid dienone is 2. The van der Waals surface area contributed by atoms with Gasteiger partial charge < -0.3 is 14.2 Å². The molecule has 0 aromatic heterocycles. The third kappa shape index (κ3) is 8.99. The molecule has 7 heteroatoms. The molecule has 0 bridgehead atoms. The topological polar surface area (TPSA) is 61.8 Å². The van der Waals surface area contributed by atoms with Crippen LogP contribution < -0.4 is 0 Å². The molecule has 188 valence electrons. The highest BCUT2D eigenvalue weighted by molar-refractivity contribution is 8.77. The van der Waals surface area contributed by atoms with Crippen LogP contribution in [0.4, 0.5) is 0 Å². The first-order valence-electron chi connectivity index (χ1n) is 12.1. The molecule has 0 spiro atoms. The first-order chi connectivity index (χ1) is 15.6. The maximum absolute atomic E-state index is 11.8. The minimum atomic E-state index is -0.521. The number of carbonyl (C=O) groups is 2. The van der Waals surface area contributed by atoms with Gasteiger partial charge in [-0.05, 0) is 76.9 Å². The van der Waals surface area contributed by atoms with Crippen molar-refractivity contribution in [1.82, 2.24) is 0 Å². The van der Waals surface area contributed by atoms with Gasteiger partial charge in [-0.15, -0.1) is 0 Å². The van der Waals surface area contributed by atoms with E-state index in [0.29, 0.717) is 23.7 Å². The van der Waals surface area contributed by atoms with Gasteiger partial charge in [-0.3, -0.25) is 9.59 Å². The standard InChI is InChI=1S/C26H42O5S2/c1-19(2)11-14-26(15-17-32-33-26)20(3)8-7-13-25(6)24(31-22(5)28)10-9-23(18-30-25)12-16-29-21(4)27/h11-12,20,24H,7-10,13-18H2,1-6H3/b23-12+/t20?,24-,25+,26?/m1/s1. The fraction of sp³-hybridized carbons (Fsp3) is 0.769. The lowest BCUT2D eigenvalue weighted by Gasteiger charge is -2.37. The van der Waals surface area contributed by atoms with Gasteiger partial charge in [-0.1, -0.05) is 46.6 Å². The fourth-order valence-electron chi connectivity index (χ4n) is 4.58. The Hall–Kier alpha value is -0.920. The van der Waals surface area contributed by atoms with Crippen molar-refractivity contribution < 1.29 is 23.8 Å². The molecule has 2 fully saturated rings. The summed E-state index contributed by atoms with van der Waals surface area (Å²) < 4.78 is 17.5. The highest BCUT2D eigenvalue weighted by Crippen LogP contribution is 2.54. The van der Waals surface area contributed by atoms with Crippen LogP contribution in [-0.2, 0) is 23.8 Å². The average Bonchev–Trinajstić information content (AvgIpc) is 3.17. The third-order valence-electron chi connectivity index (χ3n) is 6.86. The predicted molar refractivity (Wildman–Crippen MR) is 138 cm³/mol. The fourth-order valence-corrected chi connectivity index (χ4v) is 8.24. The van der Waals surface area contributed by atoms with Crippen molar-refractivity contribution >= 4 is 33.5 Å². The van der Waals surface area contributed by atoms with Gasteiger partial charge in [0.05, 0.1) is 6.61 Å². The summed E-state index contributed by atoms with van der Waals surface area (Å²) in [5.74, 6) is 1.27. The van der Waals surface area contributed by atoms with E-state index >= 15 is 0 Å². The Bertz CT molecular complexity index is 722. The number of ether oxygens (including phenoxy) is 3. The van der Waals surface area contributed by atoms with Gasteiger partial charge in [0.25, 0.3) is 0 Å². The van der Waals surface area contributed by atoms with E-state index < -0.39 is 5.60 Å². The minimum absolute atomic E-state index is 0.254. The molecule has 33 heavy (non-hydrogen) atoms. The summed E-state index contributed by atoms with van der Waals surface area (Å²) in [6.45, 7) is 12.4. The van der Waals surface area contributed by atoms with E-state index in [4.69, 9.17) is 14.2 Å². The smallest absolute Gasteiger partial charge is 0.303 e. The summed E-state index contributed by atoms with van der Waals surface area (Å²) in [5, 5.41) is 0. The molecule has 2 aliphatic heterocycles. The van der Waals surface area contributed by atoms with Crippen LogP contribution in [0.3, 0.4) is 0 Å². The first-order valence-corrected chi connectivity index (χ1v) is 14.4. The molecule has 0 aromatic rings. The van der Waals surface area contributed by atoms with Gasteiger partial charge in [0.1, 0.15) is 18.3 Å². The molecule has 4 atom stereocenters. The molecule has 5 nitrogen and oxygen atoms in total. The van der Waals surface area contributed by atoms with Crippen LogP contribution in [0.15, 0.2) is 23.3 Å². The van der Waals surface area contributed by atoms with Gasteiger partial charge in [0.15, 0.2) is 0 Å². The lowest BCUT2D eigenvalue weighted by molar-refractivity contribution is -0.167. The van der Waals surface area contributed by atoms with Crippen molar-refractivity contribution in [3.8, 4) is 0 Å². The van der Waals surface area contributed by atoms with E-state index in [-0.39, 0.29) is 24.6 Å². The number of rotatable bonds is 10. The Balaban J connectivity index is 2.01. The predicted octanol–water partition coefficient (Wildman–Crippen LogP) is 6.66. The zero-order valence-electron chi connectivity index (χ0n) is 21.2. The van der Waals surface area contributed by atoms with E-state index in [1.165, 1.54) is 31.6 Å². The number of hydrogen-bond donors (Lipinski definition) is 0. The van der Waals surface area contributed by atoms with Crippen molar-refractivity contribution in [2.75, 3.05) is 19.0 Å². The van der Waals surface area contributed by atoms with E-state index in [9.17, 15) is 9.59 Å². The van der Waals surface area contributed by atoms with Crippen molar-refractivity contribution in [2.45, 2.75) is 103 Å². The zero-order valence-corrected chi connectivity index (χ0v) is 22.9. The highest BCUT2D eigenvalue weighted by Gasteiger charge is 2.42. The molecule has 2 heterocycles. The Morgan fingerprint density at radius 1 is 1.24 bits per heavy atom. The Kier molecular flexibility index (Phi) is 11.4. The van der Waals surface area contributed by atoms with E-state index in [2.05, 4.69) is 44.6 Å². The van der Waals surface area contributed by atoms with Gasteiger partial charge in [-0.2, -0.15) is 0 Å². The van der Waals surface area contributed by atoms with Gasteiger partial charge in [-0.25, -0.2) is 0 Å². The molecule has 0 amide bonds.